The summed E-state index contributed by atoms with van der Waals surface area (Å²) in [5.41, 5.74) is 0.971. The van der Waals surface area contributed by atoms with Crippen LogP contribution in [0.1, 0.15) is 10.6 Å². The zero-order valence-electron chi connectivity index (χ0n) is 10.6. The maximum atomic E-state index is 13.5. The molecular weight excluding hydrogens is 257 g/mol. The molecule has 1 N–H and O–H groups in total. The molecule has 0 fully saturated rings. The Kier molecular flexibility index (Phi) is 3.21. The predicted octanol–water partition coefficient (Wildman–Crippen LogP) is 3.87. The smallest absolute Gasteiger partial charge is 0.216 e. The normalized spacial score (nSPS) is 10.7. The molecule has 0 saturated heterocycles. The van der Waals surface area contributed by atoms with E-state index >= 15 is 0 Å². The average molecular weight is 269 g/mol. The van der Waals surface area contributed by atoms with Crippen molar-refractivity contribution in [3.63, 3.8) is 0 Å². The van der Waals surface area contributed by atoms with Gasteiger partial charge in [0.05, 0.1) is 6.54 Å². The first-order valence-corrected chi connectivity index (χ1v) is 6.24. The van der Waals surface area contributed by atoms with Gasteiger partial charge in [-0.25, -0.2) is 4.39 Å². The molecule has 0 radical (unpaired) electrons. The second-order valence-corrected chi connectivity index (χ2v) is 4.41. The number of furan rings is 1. The Morgan fingerprint density at radius 1 is 1.10 bits per heavy atom. The van der Waals surface area contributed by atoms with Crippen LogP contribution in [0.5, 0.6) is 0 Å². The van der Waals surface area contributed by atoms with E-state index in [1.54, 1.807) is 18.2 Å². The Balaban J connectivity index is 1.77. The molecular formula is C16H12FNO2. The van der Waals surface area contributed by atoms with Crippen LogP contribution in [-0.4, -0.2) is 12.3 Å². The minimum atomic E-state index is -0.461. The average Bonchev–Trinajstić information content (AvgIpc) is 2.91. The van der Waals surface area contributed by atoms with E-state index in [2.05, 4.69) is 5.32 Å². The summed E-state index contributed by atoms with van der Waals surface area (Å²) < 4.78 is 18.8. The summed E-state index contributed by atoms with van der Waals surface area (Å²) in [5.74, 6) is -0.518. The zero-order valence-corrected chi connectivity index (χ0v) is 10.6. The largest absolute Gasteiger partial charge is 0.450 e. The lowest BCUT2D eigenvalue weighted by molar-refractivity contribution is 0.0982. The molecule has 100 valence electrons. The summed E-state index contributed by atoms with van der Waals surface area (Å²) in [6.07, 6.45) is 0. The third-order valence-corrected chi connectivity index (χ3v) is 3.00. The molecule has 3 rings (SSSR count). The molecule has 20 heavy (non-hydrogen) atoms. The zero-order chi connectivity index (χ0) is 13.9. The second-order valence-electron chi connectivity index (χ2n) is 4.41. The molecule has 0 atom stereocenters. The Bertz CT molecular complexity index is 750. The number of benzene rings is 2. The van der Waals surface area contributed by atoms with Crippen molar-refractivity contribution >= 4 is 22.4 Å². The fourth-order valence-electron chi connectivity index (χ4n) is 1.99. The van der Waals surface area contributed by atoms with E-state index < -0.39 is 5.82 Å². The number of fused-ring (bicyclic) bond motifs is 1. The number of nitrogens with one attached hydrogen (secondary N) is 1. The number of rotatable bonds is 4. The predicted molar refractivity (Wildman–Crippen MR) is 75.4 cm³/mol. The number of carbonyl (C=O) groups excluding carboxylic acids is 1. The van der Waals surface area contributed by atoms with Crippen LogP contribution < -0.4 is 5.32 Å². The first-order chi connectivity index (χ1) is 9.74. The van der Waals surface area contributed by atoms with Gasteiger partial charge in [0.2, 0.25) is 5.78 Å². The van der Waals surface area contributed by atoms with E-state index in [0.717, 1.165) is 5.69 Å². The number of Topliss-reactive ketones (excluding diaryl/α,β-unsaturated/α-hetero) is 1. The number of anilines is 1. The minimum absolute atomic E-state index is 0.103. The molecule has 0 aliphatic heterocycles. The maximum Gasteiger partial charge on any atom is 0.216 e. The number of hydrogen-bond acceptors (Lipinski definition) is 3. The van der Waals surface area contributed by atoms with Gasteiger partial charge < -0.3 is 9.73 Å². The lowest BCUT2D eigenvalue weighted by atomic mass is 10.2. The summed E-state index contributed by atoms with van der Waals surface area (Å²) in [7, 11) is 0. The molecule has 1 heterocycles. The summed E-state index contributed by atoms with van der Waals surface area (Å²) in [4.78, 5) is 12.0. The van der Waals surface area contributed by atoms with Crippen LogP contribution in [0.25, 0.3) is 11.0 Å². The number of ketones is 1. The first kappa shape index (κ1) is 12.4. The monoisotopic (exact) mass is 269 g/mol. The Morgan fingerprint density at radius 2 is 1.90 bits per heavy atom. The number of halogens is 1. The quantitative estimate of drug-likeness (QED) is 0.731. The van der Waals surface area contributed by atoms with Crippen LogP contribution in [-0.2, 0) is 0 Å². The van der Waals surface area contributed by atoms with Gasteiger partial charge in [-0.2, -0.15) is 0 Å². The highest BCUT2D eigenvalue weighted by Crippen LogP contribution is 2.22. The van der Waals surface area contributed by atoms with Crippen LogP contribution in [0.2, 0.25) is 0 Å². The fraction of sp³-hybridized carbons (Fsp3) is 0.0625. The van der Waals surface area contributed by atoms with Gasteiger partial charge in [-0.3, -0.25) is 4.79 Å². The molecule has 1 aromatic heterocycles. The van der Waals surface area contributed by atoms with Crippen LogP contribution in [0.4, 0.5) is 10.1 Å². The summed E-state index contributed by atoms with van der Waals surface area (Å²) in [5, 5.41) is 3.59. The van der Waals surface area contributed by atoms with Gasteiger partial charge in [-0.1, -0.05) is 30.3 Å². The van der Waals surface area contributed by atoms with E-state index in [1.165, 1.54) is 6.07 Å². The van der Waals surface area contributed by atoms with Crippen molar-refractivity contribution in [3.05, 3.63) is 66.2 Å². The summed E-state index contributed by atoms with van der Waals surface area (Å²) in [6.45, 7) is 0.103. The third-order valence-electron chi connectivity index (χ3n) is 3.00. The van der Waals surface area contributed by atoms with Crippen LogP contribution in [0, 0.1) is 5.82 Å². The van der Waals surface area contributed by atoms with Gasteiger partial charge in [0.25, 0.3) is 0 Å². The number of para-hydroxylation sites is 2. The van der Waals surface area contributed by atoms with Crippen molar-refractivity contribution in [2.75, 3.05) is 11.9 Å². The molecule has 3 aromatic rings. The van der Waals surface area contributed by atoms with Gasteiger partial charge in [0, 0.05) is 11.1 Å². The Hall–Kier alpha value is -2.62. The maximum absolute atomic E-state index is 13.5. The standard InChI is InChI=1S/C16H12FNO2/c17-13-8-4-5-11-9-15(20-16(11)13)14(19)10-18-12-6-2-1-3-7-12/h1-9,18H,10H2. The molecule has 0 spiro atoms. The van der Waals surface area contributed by atoms with E-state index in [4.69, 9.17) is 4.42 Å². The Labute approximate surface area is 115 Å². The van der Waals surface area contributed by atoms with Crippen molar-refractivity contribution in [3.8, 4) is 0 Å². The van der Waals surface area contributed by atoms with Crippen molar-refractivity contribution in [1.29, 1.82) is 0 Å². The van der Waals surface area contributed by atoms with Gasteiger partial charge in [-0.15, -0.1) is 0 Å². The van der Waals surface area contributed by atoms with E-state index in [9.17, 15) is 9.18 Å². The minimum Gasteiger partial charge on any atom is -0.450 e. The van der Waals surface area contributed by atoms with E-state index in [-0.39, 0.29) is 23.7 Å². The van der Waals surface area contributed by atoms with Gasteiger partial charge in [0.1, 0.15) is 0 Å². The lowest BCUT2D eigenvalue weighted by Gasteiger charge is -2.03. The molecule has 0 aliphatic rings. The van der Waals surface area contributed by atoms with Crippen molar-refractivity contribution < 1.29 is 13.6 Å². The van der Waals surface area contributed by atoms with E-state index in [1.807, 2.05) is 30.3 Å². The van der Waals surface area contributed by atoms with Gasteiger partial charge in [-0.05, 0) is 24.3 Å². The highest BCUT2D eigenvalue weighted by Gasteiger charge is 2.14. The third kappa shape index (κ3) is 2.40. The molecule has 4 heteroatoms. The van der Waals surface area contributed by atoms with Gasteiger partial charge >= 0.3 is 0 Å². The summed E-state index contributed by atoms with van der Waals surface area (Å²) in [6, 6.07) is 15.6. The van der Waals surface area contributed by atoms with Crippen LogP contribution >= 0.6 is 0 Å². The highest BCUT2D eigenvalue weighted by atomic mass is 19.1. The van der Waals surface area contributed by atoms with Gasteiger partial charge in [0.15, 0.2) is 17.2 Å². The first-order valence-electron chi connectivity index (χ1n) is 6.24. The van der Waals surface area contributed by atoms with E-state index in [0.29, 0.717) is 5.39 Å². The molecule has 0 aliphatic carbocycles. The molecule has 3 nitrogen and oxygen atoms in total. The molecule has 0 saturated carbocycles. The number of carbonyl (C=O) groups is 1. The second kappa shape index (κ2) is 5.17. The highest BCUT2D eigenvalue weighted by molar-refractivity contribution is 6.00. The molecule has 2 aromatic carbocycles. The SMILES string of the molecule is O=C(CNc1ccccc1)c1cc2cccc(F)c2o1. The molecule has 0 amide bonds. The van der Waals surface area contributed by atoms with Crippen LogP contribution in [0.3, 0.4) is 0 Å². The molecule has 0 bridgehead atoms. The van der Waals surface area contributed by atoms with Crippen molar-refractivity contribution in [1.82, 2.24) is 0 Å². The van der Waals surface area contributed by atoms with Crippen molar-refractivity contribution in [2.45, 2.75) is 0 Å². The Morgan fingerprint density at radius 3 is 2.65 bits per heavy atom. The molecule has 0 unspecified atom stereocenters. The van der Waals surface area contributed by atoms with Crippen LogP contribution in [0.15, 0.2) is 59.0 Å². The number of hydrogen-bond donors (Lipinski definition) is 1. The topological polar surface area (TPSA) is 42.2 Å². The fourth-order valence-corrected chi connectivity index (χ4v) is 1.99. The summed E-state index contributed by atoms with van der Waals surface area (Å²) >= 11 is 0. The lowest BCUT2D eigenvalue weighted by Crippen LogP contribution is -2.13. The van der Waals surface area contributed by atoms with Crippen molar-refractivity contribution in [2.24, 2.45) is 0 Å².